The predicted molar refractivity (Wildman–Crippen MR) is 104 cm³/mol. The van der Waals surface area contributed by atoms with E-state index in [1.165, 1.54) is 7.11 Å². The van der Waals surface area contributed by atoms with Gasteiger partial charge in [0, 0.05) is 18.8 Å². The Labute approximate surface area is 163 Å². The molecule has 4 rings (SSSR count). The van der Waals surface area contributed by atoms with Gasteiger partial charge >= 0.3 is 12.0 Å². The van der Waals surface area contributed by atoms with E-state index in [4.69, 9.17) is 10.00 Å². The van der Waals surface area contributed by atoms with E-state index in [0.717, 1.165) is 35.2 Å². The fraction of sp³-hybridized carbons (Fsp3) is 0.318. The number of carbonyl (C=O) groups is 2. The van der Waals surface area contributed by atoms with Gasteiger partial charge in [-0.3, -0.25) is 4.79 Å². The molecule has 1 aliphatic carbocycles. The lowest BCUT2D eigenvalue weighted by Crippen LogP contribution is -2.43. The minimum Gasteiger partial charge on any atom is -0.468 e. The topological polar surface area (TPSA) is 82.4 Å². The van der Waals surface area contributed by atoms with Crippen LogP contribution in [0.2, 0.25) is 0 Å². The van der Waals surface area contributed by atoms with E-state index in [1.54, 1.807) is 17.0 Å². The van der Waals surface area contributed by atoms with Gasteiger partial charge in [0.25, 0.3) is 0 Å². The van der Waals surface area contributed by atoms with E-state index in [-0.39, 0.29) is 18.5 Å². The lowest BCUT2D eigenvalue weighted by atomic mass is 9.90. The molecule has 6 nitrogen and oxygen atoms in total. The van der Waals surface area contributed by atoms with Crippen LogP contribution < -0.4 is 5.32 Å². The largest absolute Gasteiger partial charge is 0.468 e. The average Bonchev–Trinajstić information content (AvgIpc) is 3.57. The maximum absolute atomic E-state index is 13.0. The van der Waals surface area contributed by atoms with E-state index >= 15 is 0 Å². The summed E-state index contributed by atoms with van der Waals surface area (Å²) < 4.78 is 4.95. The Hall–Kier alpha value is -3.33. The predicted octanol–water partition coefficient (Wildman–Crippen LogP) is 3.74. The Morgan fingerprint density at radius 2 is 1.96 bits per heavy atom. The molecule has 2 aromatic rings. The number of nitrogens with one attached hydrogen (secondary N) is 1. The number of benzene rings is 2. The standard InChI is InChI=1S/C22H21N3O3/c1-28-21(26)19-13-25(12-16-4-2-3-5-17(16)19)22(27)24-20-9-6-14(11-23)10-18(20)15-7-8-15/h2-6,9-10,15,19H,7-8,12-13H2,1H3,(H,24,27). The van der Waals surface area contributed by atoms with Crippen LogP contribution in [-0.2, 0) is 16.1 Å². The quantitative estimate of drug-likeness (QED) is 0.829. The van der Waals surface area contributed by atoms with Crippen LogP contribution in [0.4, 0.5) is 10.5 Å². The summed E-state index contributed by atoms with van der Waals surface area (Å²) in [6.45, 7) is 0.703. The second-order valence-corrected chi connectivity index (χ2v) is 7.27. The molecule has 2 aromatic carbocycles. The van der Waals surface area contributed by atoms with Crippen LogP contribution in [0.5, 0.6) is 0 Å². The third-order valence-electron chi connectivity index (χ3n) is 5.41. The first-order valence-corrected chi connectivity index (χ1v) is 9.36. The SMILES string of the molecule is COC(=O)C1CN(C(=O)Nc2ccc(C#N)cc2C2CC2)Cc2ccccc21. The zero-order valence-electron chi connectivity index (χ0n) is 15.6. The fourth-order valence-corrected chi connectivity index (χ4v) is 3.78. The molecule has 1 unspecified atom stereocenters. The van der Waals surface area contributed by atoms with Crippen LogP contribution in [0.15, 0.2) is 42.5 Å². The van der Waals surface area contributed by atoms with Gasteiger partial charge < -0.3 is 15.0 Å². The van der Waals surface area contributed by atoms with Crippen LogP contribution in [-0.4, -0.2) is 30.6 Å². The Kier molecular flexibility index (Phi) is 4.74. The average molecular weight is 375 g/mol. The zero-order chi connectivity index (χ0) is 19.7. The lowest BCUT2D eigenvalue weighted by molar-refractivity contribution is -0.143. The Balaban J connectivity index is 1.58. The molecule has 2 amide bonds. The molecule has 0 saturated heterocycles. The van der Waals surface area contributed by atoms with Crippen LogP contribution in [0.1, 0.15) is 46.9 Å². The van der Waals surface area contributed by atoms with E-state index in [9.17, 15) is 9.59 Å². The highest BCUT2D eigenvalue weighted by Gasteiger charge is 2.34. The molecular formula is C22H21N3O3. The monoisotopic (exact) mass is 375 g/mol. The van der Waals surface area contributed by atoms with Crippen LogP contribution in [0, 0.1) is 11.3 Å². The first kappa shape index (κ1) is 18.1. The Morgan fingerprint density at radius 3 is 2.68 bits per heavy atom. The van der Waals surface area contributed by atoms with Crippen molar-refractivity contribution in [3.05, 3.63) is 64.7 Å². The van der Waals surface area contributed by atoms with Gasteiger partial charge in [-0.25, -0.2) is 4.79 Å². The number of methoxy groups -OCH3 is 1. The summed E-state index contributed by atoms with van der Waals surface area (Å²) in [6, 6.07) is 14.9. The first-order chi connectivity index (χ1) is 13.6. The first-order valence-electron chi connectivity index (χ1n) is 9.36. The van der Waals surface area contributed by atoms with E-state index in [1.807, 2.05) is 30.3 Å². The van der Waals surface area contributed by atoms with Gasteiger partial charge in [0.2, 0.25) is 0 Å². The second-order valence-electron chi connectivity index (χ2n) is 7.27. The summed E-state index contributed by atoms with van der Waals surface area (Å²) in [5.74, 6) is -0.444. The molecule has 1 fully saturated rings. The zero-order valence-corrected chi connectivity index (χ0v) is 15.6. The van der Waals surface area contributed by atoms with Gasteiger partial charge in [-0.2, -0.15) is 5.26 Å². The number of amides is 2. The van der Waals surface area contributed by atoms with Gasteiger partial charge in [-0.05, 0) is 53.6 Å². The summed E-state index contributed by atoms with van der Waals surface area (Å²) in [6.07, 6.45) is 2.14. The van der Waals surface area contributed by atoms with Crippen molar-refractivity contribution < 1.29 is 14.3 Å². The van der Waals surface area contributed by atoms with Crippen LogP contribution in [0.3, 0.4) is 0 Å². The van der Waals surface area contributed by atoms with Crippen molar-refractivity contribution in [1.82, 2.24) is 4.90 Å². The number of hydrogen-bond acceptors (Lipinski definition) is 4. The second kappa shape index (κ2) is 7.35. The normalized spacial score (nSPS) is 18.0. The molecule has 0 bridgehead atoms. The number of anilines is 1. The Bertz CT molecular complexity index is 975. The molecule has 6 heteroatoms. The molecule has 0 spiro atoms. The number of hydrogen-bond donors (Lipinski definition) is 1. The molecule has 1 N–H and O–H groups in total. The summed E-state index contributed by atoms with van der Waals surface area (Å²) >= 11 is 0. The summed E-state index contributed by atoms with van der Waals surface area (Å²) in [5.41, 5.74) is 4.20. The third-order valence-corrected chi connectivity index (χ3v) is 5.41. The van der Waals surface area contributed by atoms with Crippen molar-refractivity contribution in [1.29, 1.82) is 5.26 Å². The third kappa shape index (κ3) is 3.44. The van der Waals surface area contributed by atoms with Gasteiger partial charge in [0.1, 0.15) is 0 Å². The molecule has 2 aliphatic rings. The number of urea groups is 1. The smallest absolute Gasteiger partial charge is 0.322 e. The van der Waals surface area contributed by atoms with Crippen molar-refractivity contribution in [3.63, 3.8) is 0 Å². The van der Waals surface area contributed by atoms with Gasteiger partial charge in [0.15, 0.2) is 0 Å². The minimum absolute atomic E-state index is 0.255. The van der Waals surface area contributed by atoms with Crippen molar-refractivity contribution in [3.8, 4) is 6.07 Å². The summed E-state index contributed by atoms with van der Waals surface area (Å²) in [4.78, 5) is 26.9. The highest BCUT2D eigenvalue weighted by Crippen LogP contribution is 2.44. The van der Waals surface area contributed by atoms with Gasteiger partial charge in [-0.15, -0.1) is 0 Å². The molecule has 0 radical (unpaired) electrons. The van der Waals surface area contributed by atoms with Gasteiger partial charge in [-0.1, -0.05) is 24.3 Å². The molecule has 142 valence electrons. The summed E-state index contributed by atoms with van der Waals surface area (Å²) in [7, 11) is 1.36. The van der Waals surface area contributed by atoms with E-state index in [0.29, 0.717) is 18.0 Å². The highest BCUT2D eigenvalue weighted by atomic mass is 16.5. The van der Waals surface area contributed by atoms with Gasteiger partial charge in [0.05, 0.1) is 24.7 Å². The number of ether oxygens (including phenoxy) is 1. The van der Waals surface area contributed by atoms with Crippen LogP contribution >= 0.6 is 0 Å². The van der Waals surface area contributed by atoms with Crippen LogP contribution in [0.25, 0.3) is 0 Å². The molecule has 1 atom stereocenters. The van der Waals surface area contributed by atoms with Crippen molar-refractivity contribution in [2.75, 3.05) is 19.0 Å². The molecule has 1 heterocycles. The minimum atomic E-state index is -0.496. The number of nitriles is 1. The number of fused-ring (bicyclic) bond motifs is 1. The van der Waals surface area contributed by atoms with Crippen molar-refractivity contribution >= 4 is 17.7 Å². The maximum atomic E-state index is 13.0. The molecule has 1 saturated carbocycles. The lowest BCUT2D eigenvalue weighted by Gasteiger charge is -2.33. The number of esters is 1. The highest BCUT2D eigenvalue weighted by molar-refractivity contribution is 5.91. The van der Waals surface area contributed by atoms with E-state index < -0.39 is 5.92 Å². The fourth-order valence-electron chi connectivity index (χ4n) is 3.78. The van der Waals surface area contributed by atoms with Crippen molar-refractivity contribution in [2.45, 2.75) is 31.2 Å². The van der Waals surface area contributed by atoms with Crippen molar-refractivity contribution in [2.24, 2.45) is 0 Å². The molecule has 28 heavy (non-hydrogen) atoms. The van der Waals surface area contributed by atoms with E-state index in [2.05, 4.69) is 11.4 Å². The molecule has 0 aromatic heterocycles. The molecular weight excluding hydrogens is 354 g/mol. The summed E-state index contributed by atoms with van der Waals surface area (Å²) in [5, 5.41) is 12.1. The maximum Gasteiger partial charge on any atom is 0.322 e. The number of rotatable bonds is 3. The Morgan fingerprint density at radius 1 is 1.18 bits per heavy atom. The number of nitrogens with zero attached hydrogens (tertiary/aromatic N) is 2. The molecule has 1 aliphatic heterocycles. The number of carbonyl (C=O) groups excluding carboxylic acids is 2.